The molecule has 0 bridgehead atoms. The Labute approximate surface area is 123 Å². The van der Waals surface area contributed by atoms with E-state index in [0.29, 0.717) is 5.75 Å². The molecule has 2 N–H and O–H groups in total. The van der Waals surface area contributed by atoms with Gasteiger partial charge in [0.05, 0.1) is 6.33 Å². The second-order valence-corrected chi connectivity index (χ2v) is 4.82. The summed E-state index contributed by atoms with van der Waals surface area (Å²) in [4.78, 5) is 15.5. The van der Waals surface area contributed by atoms with E-state index in [1.807, 2.05) is 31.2 Å². The fraction of sp³-hybridized carbons (Fsp3) is 0.333. The van der Waals surface area contributed by atoms with Crippen LogP contribution >= 0.6 is 0 Å². The SMILES string of the molecule is Cc1cccc(OCC(O)CNC(=O)Cn2ccnc2)c1. The van der Waals surface area contributed by atoms with Gasteiger partial charge in [0, 0.05) is 18.9 Å². The Bertz CT molecular complexity index is 569. The highest BCUT2D eigenvalue weighted by Gasteiger charge is 2.08. The molecule has 0 aliphatic rings. The van der Waals surface area contributed by atoms with Gasteiger partial charge >= 0.3 is 0 Å². The number of nitrogens with one attached hydrogen (secondary N) is 1. The van der Waals surface area contributed by atoms with Crippen LogP contribution in [0.4, 0.5) is 0 Å². The summed E-state index contributed by atoms with van der Waals surface area (Å²) in [6, 6.07) is 7.59. The highest BCUT2D eigenvalue weighted by Crippen LogP contribution is 2.12. The lowest BCUT2D eigenvalue weighted by atomic mass is 10.2. The number of aliphatic hydroxyl groups is 1. The number of ether oxygens (including phenoxy) is 1. The van der Waals surface area contributed by atoms with Gasteiger partial charge in [-0.2, -0.15) is 0 Å². The van der Waals surface area contributed by atoms with Gasteiger partial charge in [-0.1, -0.05) is 12.1 Å². The number of amides is 1. The summed E-state index contributed by atoms with van der Waals surface area (Å²) in [7, 11) is 0. The van der Waals surface area contributed by atoms with Gasteiger partial charge in [0.2, 0.25) is 5.91 Å². The fourth-order valence-corrected chi connectivity index (χ4v) is 1.79. The number of aryl methyl sites for hydroxylation is 1. The molecule has 1 amide bonds. The zero-order valence-electron chi connectivity index (χ0n) is 11.9. The number of benzene rings is 1. The molecule has 6 heteroatoms. The molecule has 1 unspecified atom stereocenters. The van der Waals surface area contributed by atoms with Crippen LogP contribution in [0.2, 0.25) is 0 Å². The van der Waals surface area contributed by atoms with Gasteiger partial charge in [0.25, 0.3) is 0 Å². The third kappa shape index (κ3) is 5.27. The van der Waals surface area contributed by atoms with E-state index in [1.165, 1.54) is 0 Å². The first kappa shape index (κ1) is 15.1. The van der Waals surface area contributed by atoms with Crippen molar-refractivity contribution in [1.29, 1.82) is 0 Å². The second kappa shape index (κ2) is 7.44. The Kier molecular flexibility index (Phi) is 5.34. The normalized spacial score (nSPS) is 11.9. The van der Waals surface area contributed by atoms with E-state index in [0.717, 1.165) is 5.56 Å². The molecule has 2 aromatic rings. The molecule has 6 nitrogen and oxygen atoms in total. The Morgan fingerprint density at radius 1 is 1.52 bits per heavy atom. The first-order chi connectivity index (χ1) is 10.1. The summed E-state index contributed by atoms with van der Waals surface area (Å²) in [5.74, 6) is 0.529. The largest absolute Gasteiger partial charge is 0.491 e. The molecular formula is C15H19N3O3. The highest BCUT2D eigenvalue weighted by molar-refractivity contribution is 5.75. The molecule has 1 atom stereocenters. The predicted molar refractivity (Wildman–Crippen MR) is 77.9 cm³/mol. The summed E-state index contributed by atoms with van der Waals surface area (Å²) in [6.07, 6.45) is 4.13. The number of imidazole rings is 1. The monoisotopic (exact) mass is 289 g/mol. The number of carbonyl (C=O) groups excluding carboxylic acids is 1. The quantitative estimate of drug-likeness (QED) is 0.788. The molecular weight excluding hydrogens is 270 g/mol. The second-order valence-electron chi connectivity index (χ2n) is 4.82. The number of nitrogens with zero attached hydrogens (tertiary/aromatic N) is 2. The van der Waals surface area contributed by atoms with E-state index in [2.05, 4.69) is 10.3 Å². The van der Waals surface area contributed by atoms with Crippen LogP contribution in [0.5, 0.6) is 5.75 Å². The van der Waals surface area contributed by atoms with Crippen molar-refractivity contribution in [2.24, 2.45) is 0 Å². The van der Waals surface area contributed by atoms with Crippen LogP contribution in [0.1, 0.15) is 5.56 Å². The van der Waals surface area contributed by atoms with Gasteiger partial charge in [0.15, 0.2) is 0 Å². The fourth-order valence-electron chi connectivity index (χ4n) is 1.79. The average Bonchev–Trinajstić information content (AvgIpc) is 2.96. The third-order valence-corrected chi connectivity index (χ3v) is 2.85. The minimum absolute atomic E-state index is 0.134. The average molecular weight is 289 g/mol. The summed E-state index contributed by atoms with van der Waals surface area (Å²) in [5.41, 5.74) is 1.09. The van der Waals surface area contributed by atoms with Gasteiger partial charge in [-0.3, -0.25) is 4.79 Å². The summed E-state index contributed by atoms with van der Waals surface area (Å²) in [5, 5.41) is 12.4. The minimum atomic E-state index is -0.753. The van der Waals surface area contributed by atoms with Crippen molar-refractivity contribution in [1.82, 2.24) is 14.9 Å². The predicted octanol–water partition coefficient (Wildman–Crippen LogP) is 0.748. The molecule has 0 aliphatic carbocycles. The zero-order valence-corrected chi connectivity index (χ0v) is 11.9. The molecule has 0 aliphatic heterocycles. The molecule has 112 valence electrons. The maximum absolute atomic E-state index is 11.6. The maximum Gasteiger partial charge on any atom is 0.240 e. The molecule has 0 radical (unpaired) electrons. The van der Waals surface area contributed by atoms with Crippen LogP contribution < -0.4 is 10.1 Å². The van der Waals surface area contributed by atoms with Crippen LogP contribution in [0.3, 0.4) is 0 Å². The van der Waals surface area contributed by atoms with Gasteiger partial charge in [0.1, 0.15) is 25.0 Å². The van der Waals surface area contributed by atoms with Gasteiger partial charge in [-0.15, -0.1) is 0 Å². The maximum atomic E-state index is 11.6. The zero-order chi connectivity index (χ0) is 15.1. The lowest BCUT2D eigenvalue weighted by molar-refractivity contribution is -0.122. The molecule has 0 spiro atoms. The molecule has 1 aromatic heterocycles. The van der Waals surface area contributed by atoms with E-state index in [1.54, 1.807) is 23.3 Å². The molecule has 0 fully saturated rings. The minimum Gasteiger partial charge on any atom is -0.491 e. The van der Waals surface area contributed by atoms with Crippen LogP contribution in [-0.2, 0) is 11.3 Å². The molecule has 1 heterocycles. The number of hydrogen-bond acceptors (Lipinski definition) is 4. The lowest BCUT2D eigenvalue weighted by Crippen LogP contribution is -2.36. The molecule has 1 aromatic carbocycles. The number of aliphatic hydroxyl groups excluding tert-OH is 1. The lowest BCUT2D eigenvalue weighted by Gasteiger charge is -2.13. The van der Waals surface area contributed by atoms with Crippen LogP contribution in [0.15, 0.2) is 43.0 Å². The molecule has 0 saturated heterocycles. The first-order valence-electron chi connectivity index (χ1n) is 6.73. The Hall–Kier alpha value is -2.34. The Balaban J connectivity index is 1.67. The topological polar surface area (TPSA) is 76.4 Å². The number of hydrogen-bond donors (Lipinski definition) is 2. The van der Waals surface area contributed by atoms with E-state index in [4.69, 9.17) is 4.74 Å². The van der Waals surface area contributed by atoms with Gasteiger partial charge < -0.3 is 19.7 Å². The van der Waals surface area contributed by atoms with Crippen molar-refractivity contribution in [3.8, 4) is 5.75 Å². The highest BCUT2D eigenvalue weighted by atomic mass is 16.5. The first-order valence-corrected chi connectivity index (χ1v) is 6.73. The Morgan fingerprint density at radius 3 is 3.10 bits per heavy atom. The summed E-state index contributed by atoms with van der Waals surface area (Å²) < 4.78 is 7.13. The summed E-state index contributed by atoms with van der Waals surface area (Å²) in [6.45, 7) is 2.44. The van der Waals surface area contributed by atoms with Crippen molar-refractivity contribution >= 4 is 5.91 Å². The molecule has 0 saturated carbocycles. The van der Waals surface area contributed by atoms with Gasteiger partial charge in [-0.25, -0.2) is 4.98 Å². The van der Waals surface area contributed by atoms with Crippen LogP contribution in [0.25, 0.3) is 0 Å². The van der Waals surface area contributed by atoms with E-state index in [9.17, 15) is 9.90 Å². The summed E-state index contributed by atoms with van der Waals surface area (Å²) >= 11 is 0. The van der Waals surface area contributed by atoms with E-state index >= 15 is 0 Å². The molecule has 21 heavy (non-hydrogen) atoms. The van der Waals surface area contributed by atoms with E-state index < -0.39 is 6.10 Å². The smallest absolute Gasteiger partial charge is 0.240 e. The van der Waals surface area contributed by atoms with Crippen molar-refractivity contribution in [2.45, 2.75) is 19.6 Å². The molecule has 2 rings (SSSR count). The standard InChI is InChI=1S/C15H19N3O3/c1-12-3-2-4-14(7-12)21-10-13(19)8-17-15(20)9-18-6-5-16-11-18/h2-7,11,13,19H,8-10H2,1H3,(H,17,20). The van der Waals surface area contributed by atoms with Crippen LogP contribution in [-0.4, -0.2) is 39.8 Å². The third-order valence-electron chi connectivity index (χ3n) is 2.85. The number of carbonyl (C=O) groups is 1. The van der Waals surface area contributed by atoms with Crippen molar-refractivity contribution in [2.75, 3.05) is 13.2 Å². The number of rotatable bonds is 7. The van der Waals surface area contributed by atoms with Gasteiger partial charge in [-0.05, 0) is 24.6 Å². The van der Waals surface area contributed by atoms with E-state index in [-0.39, 0.29) is 25.6 Å². The van der Waals surface area contributed by atoms with Crippen molar-refractivity contribution in [3.63, 3.8) is 0 Å². The van der Waals surface area contributed by atoms with Crippen LogP contribution in [0, 0.1) is 6.92 Å². The Morgan fingerprint density at radius 2 is 2.38 bits per heavy atom. The van der Waals surface area contributed by atoms with Crippen molar-refractivity contribution < 1.29 is 14.6 Å². The van der Waals surface area contributed by atoms with Crippen molar-refractivity contribution in [3.05, 3.63) is 48.5 Å². The number of aromatic nitrogens is 2.